The molecule has 0 saturated carbocycles. The highest BCUT2D eigenvalue weighted by Gasteiger charge is 2.20. The van der Waals surface area contributed by atoms with Crippen molar-refractivity contribution in [1.29, 1.82) is 0 Å². The third-order valence-electron chi connectivity index (χ3n) is 5.85. The van der Waals surface area contributed by atoms with E-state index in [0.717, 1.165) is 38.7 Å². The van der Waals surface area contributed by atoms with Gasteiger partial charge in [0, 0.05) is 45.3 Å². The summed E-state index contributed by atoms with van der Waals surface area (Å²) in [4.78, 5) is 10.0. The topological polar surface area (TPSA) is 42.9 Å². The van der Waals surface area contributed by atoms with Gasteiger partial charge in [0.1, 0.15) is 0 Å². The van der Waals surface area contributed by atoms with E-state index in [4.69, 9.17) is 4.99 Å². The quantitative estimate of drug-likeness (QED) is 0.317. The van der Waals surface area contributed by atoms with E-state index in [1.165, 1.54) is 50.9 Å². The van der Waals surface area contributed by atoms with Gasteiger partial charge in [0.05, 0.1) is 0 Å². The van der Waals surface area contributed by atoms with Crippen molar-refractivity contribution >= 4 is 29.9 Å². The molecule has 164 valence electrons. The highest BCUT2D eigenvalue weighted by molar-refractivity contribution is 14.0. The molecule has 3 rings (SSSR count). The molecule has 5 nitrogen and oxygen atoms in total. The Hall–Kier alpha value is -0.860. The molecule has 1 unspecified atom stereocenters. The molecule has 2 fully saturated rings. The Balaban J connectivity index is 0.00000300. The van der Waals surface area contributed by atoms with Crippen LogP contribution in [0.1, 0.15) is 45.1 Å². The molecule has 2 heterocycles. The number of guanidine groups is 1. The predicted molar refractivity (Wildman–Crippen MR) is 134 cm³/mol. The molecule has 1 aromatic carbocycles. The molecule has 2 N–H and O–H groups in total. The summed E-state index contributed by atoms with van der Waals surface area (Å²) in [7, 11) is 0. The normalized spacial score (nSPS) is 20.3. The smallest absolute Gasteiger partial charge is 0.191 e. The van der Waals surface area contributed by atoms with Gasteiger partial charge in [-0.1, -0.05) is 37.3 Å². The largest absolute Gasteiger partial charge is 0.357 e. The highest BCUT2D eigenvalue weighted by atomic mass is 127. The van der Waals surface area contributed by atoms with Crippen molar-refractivity contribution in [2.24, 2.45) is 10.9 Å². The molecule has 0 spiro atoms. The minimum Gasteiger partial charge on any atom is -0.357 e. The first-order valence-corrected chi connectivity index (χ1v) is 11.3. The van der Waals surface area contributed by atoms with Gasteiger partial charge >= 0.3 is 0 Å². The van der Waals surface area contributed by atoms with E-state index in [0.29, 0.717) is 12.0 Å². The van der Waals surface area contributed by atoms with Crippen molar-refractivity contribution in [2.75, 3.05) is 45.8 Å². The lowest BCUT2D eigenvalue weighted by Gasteiger charge is -2.33. The Labute approximate surface area is 194 Å². The minimum atomic E-state index is 0. The van der Waals surface area contributed by atoms with Crippen LogP contribution in [0.4, 0.5) is 0 Å². The van der Waals surface area contributed by atoms with E-state index in [2.05, 4.69) is 64.6 Å². The predicted octanol–water partition coefficient (Wildman–Crippen LogP) is 3.56. The first-order chi connectivity index (χ1) is 13.7. The molecule has 6 heteroatoms. The third-order valence-corrected chi connectivity index (χ3v) is 5.85. The van der Waals surface area contributed by atoms with Crippen LogP contribution in [0.5, 0.6) is 0 Å². The number of halogens is 1. The Morgan fingerprint density at radius 2 is 1.76 bits per heavy atom. The number of rotatable bonds is 8. The summed E-state index contributed by atoms with van der Waals surface area (Å²) >= 11 is 0. The van der Waals surface area contributed by atoms with Crippen molar-refractivity contribution < 1.29 is 0 Å². The number of benzene rings is 1. The molecule has 2 aliphatic rings. The van der Waals surface area contributed by atoms with Crippen LogP contribution in [0.3, 0.4) is 0 Å². The number of aliphatic imine (C=N–C) groups is 1. The molecule has 1 atom stereocenters. The van der Waals surface area contributed by atoms with Crippen LogP contribution >= 0.6 is 24.0 Å². The van der Waals surface area contributed by atoms with Gasteiger partial charge in [-0.3, -0.25) is 9.89 Å². The summed E-state index contributed by atoms with van der Waals surface area (Å²) in [5.74, 6) is 1.61. The van der Waals surface area contributed by atoms with E-state index in [1.54, 1.807) is 0 Å². The highest BCUT2D eigenvalue weighted by Crippen LogP contribution is 2.14. The molecule has 0 radical (unpaired) electrons. The standard InChI is InChI=1S/C23H39N5.HI/c1-3-24-23(25-17-20(2)18-27-13-7-8-14-27)26-22-11-15-28(16-12-22)19-21-9-5-4-6-10-21;/h4-6,9-10,20,22H,3,7-8,11-19H2,1-2H3,(H2,24,25,26);1H. The summed E-state index contributed by atoms with van der Waals surface area (Å²) in [6, 6.07) is 11.3. The maximum absolute atomic E-state index is 4.89. The van der Waals surface area contributed by atoms with Crippen LogP contribution in [-0.4, -0.2) is 67.6 Å². The van der Waals surface area contributed by atoms with Crippen molar-refractivity contribution in [2.45, 2.75) is 52.1 Å². The zero-order valence-electron chi connectivity index (χ0n) is 18.3. The molecule has 2 aliphatic heterocycles. The molecule has 1 aromatic rings. The first-order valence-electron chi connectivity index (χ1n) is 11.3. The van der Waals surface area contributed by atoms with Crippen LogP contribution in [-0.2, 0) is 6.54 Å². The second-order valence-electron chi connectivity index (χ2n) is 8.51. The van der Waals surface area contributed by atoms with Crippen LogP contribution in [0.25, 0.3) is 0 Å². The molecular formula is C23H40IN5. The van der Waals surface area contributed by atoms with Crippen LogP contribution in [0, 0.1) is 5.92 Å². The fourth-order valence-corrected chi connectivity index (χ4v) is 4.30. The van der Waals surface area contributed by atoms with Gasteiger partial charge in [0.25, 0.3) is 0 Å². The van der Waals surface area contributed by atoms with Crippen molar-refractivity contribution in [1.82, 2.24) is 20.4 Å². The van der Waals surface area contributed by atoms with E-state index >= 15 is 0 Å². The van der Waals surface area contributed by atoms with Gasteiger partial charge in [-0.15, -0.1) is 24.0 Å². The summed E-state index contributed by atoms with van der Waals surface area (Å²) in [5, 5.41) is 7.13. The SMILES string of the molecule is CCNC(=NCC(C)CN1CCCC1)NC1CCN(Cc2ccccc2)CC1.I. The monoisotopic (exact) mass is 513 g/mol. The summed E-state index contributed by atoms with van der Waals surface area (Å²) in [6.45, 7) is 13.4. The summed E-state index contributed by atoms with van der Waals surface area (Å²) in [6.07, 6.45) is 5.09. The summed E-state index contributed by atoms with van der Waals surface area (Å²) in [5.41, 5.74) is 1.41. The maximum Gasteiger partial charge on any atom is 0.191 e. The lowest BCUT2D eigenvalue weighted by molar-refractivity contribution is 0.198. The molecule has 2 saturated heterocycles. The number of nitrogens with zero attached hydrogens (tertiary/aromatic N) is 3. The summed E-state index contributed by atoms with van der Waals surface area (Å²) < 4.78 is 0. The molecule has 0 aliphatic carbocycles. The van der Waals surface area contributed by atoms with Gasteiger partial charge in [0.2, 0.25) is 0 Å². The van der Waals surface area contributed by atoms with E-state index in [-0.39, 0.29) is 24.0 Å². The number of nitrogens with one attached hydrogen (secondary N) is 2. The van der Waals surface area contributed by atoms with Gasteiger partial charge in [-0.2, -0.15) is 0 Å². The Kier molecular flexibility index (Phi) is 11.3. The number of piperidine rings is 1. The fourth-order valence-electron chi connectivity index (χ4n) is 4.30. The van der Waals surface area contributed by atoms with Crippen molar-refractivity contribution in [3.8, 4) is 0 Å². The zero-order valence-corrected chi connectivity index (χ0v) is 20.6. The van der Waals surface area contributed by atoms with Crippen LogP contribution in [0.2, 0.25) is 0 Å². The van der Waals surface area contributed by atoms with E-state index in [1.807, 2.05) is 0 Å². The molecule has 29 heavy (non-hydrogen) atoms. The second kappa shape index (κ2) is 13.4. The Bertz CT molecular complexity index is 580. The molecular weight excluding hydrogens is 473 g/mol. The van der Waals surface area contributed by atoms with Gasteiger partial charge < -0.3 is 15.5 Å². The molecule has 0 amide bonds. The zero-order chi connectivity index (χ0) is 19.6. The number of hydrogen-bond donors (Lipinski definition) is 2. The average molecular weight is 514 g/mol. The van der Waals surface area contributed by atoms with Crippen LogP contribution in [0.15, 0.2) is 35.3 Å². The van der Waals surface area contributed by atoms with Gasteiger partial charge in [-0.05, 0) is 57.2 Å². The Morgan fingerprint density at radius 3 is 2.41 bits per heavy atom. The first kappa shape index (κ1) is 24.4. The molecule has 0 bridgehead atoms. The fraction of sp³-hybridized carbons (Fsp3) is 0.696. The minimum absolute atomic E-state index is 0. The lowest BCUT2D eigenvalue weighted by Crippen LogP contribution is -2.48. The second-order valence-corrected chi connectivity index (χ2v) is 8.51. The van der Waals surface area contributed by atoms with Gasteiger partial charge in [0.15, 0.2) is 5.96 Å². The van der Waals surface area contributed by atoms with Crippen molar-refractivity contribution in [3.05, 3.63) is 35.9 Å². The maximum atomic E-state index is 4.89. The van der Waals surface area contributed by atoms with Crippen LogP contribution < -0.4 is 10.6 Å². The van der Waals surface area contributed by atoms with E-state index in [9.17, 15) is 0 Å². The number of hydrogen-bond acceptors (Lipinski definition) is 3. The average Bonchev–Trinajstić information content (AvgIpc) is 3.21. The van der Waals surface area contributed by atoms with E-state index < -0.39 is 0 Å². The van der Waals surface area contributed by atoms with Crippen molar-refractivity contribution in [3.63, 3.8) is 0 Å². The van der Waals surface area contributed by atoms with Gasteiger partial charge in [-0.25, -0.2) is 0 Å². The Morgan fingerprint density at radius 1 is 1.07 bits per heavy atom. The molecule has 0 aromatic heterocycles. The number of likely N-dealkylation sites (tertiary alicyclic amines) is 2. The third kappa shape index (κ3) is 8.80. The lowest BCUT2D eigenvalue weighted by atomic mass is 10.0.